The third kappa shape index (κ3) is 7.55. The van der Waals surface area contributed by atoms with E-state index in [-0.39, 0.29) is 12.1 Å². The van der Waals surface area contributed by atoms with Crippen LogP contribution >= 0.6 is 0 Å². The fourth-order valence-corrected chi connectivity index (χ4v) is 5.08. The first kappa shape index (κ1) is 27.1. The van der Waals surface area contributed by atoms with Crippen LogP contribution in [-0.4, -0.2) is 64.8 Å². The van der Waals surface area contributed by atoms with E-state index in [1.807, 2.05) is 38.1 Å². The van der Waals surface area contributed by atoms with Crippen LogP contribution < -0.4 is 0 Å². The van der Waals surface area contributed by atoms with E-state index in [0.29, 0.717) is 13.2 Å². The van der Waals surface area contributed by atoms with Crippen LogP contribution in [0.3, 0.4) is 0 Å². The number of hydrogen-bond donors (Lipinski definition) is 1. The second kappa shape index (κ2) is 12.1. The number of carbonyl (C=O) groups is 1. The standard InChI is InChI=1S/C30H42N4O3/c1-30(2,3)37-29(35)34-14-8-12-26(34)21-36-20-23-15-22(16-31-17-23)9-6-10-24-11-7-13-27-25(19-33(4)5)18-32-28(24)27/h7,11,13,15-18,26,32H,6,8-10,12,14,19-21H2,1-5H3/t26-/m0/s1. The molecule has 1 amide bonds. The molecule has 0 bridgehead atoms. The minimum Gasteiger partial charge on any atom is -0.444 e. The van der Waals surface area contributed by atoms with Gasteiger partial charge in [-0.3, -0.25) is 4.98 Å². The molecule has 7 nitrogen and oxygen atoms in total. The zero-order valence-corrected chi connectivity index (χ0v) is 23.0. The average molecular weight is 507 g/mol. The predicted molar refractivity (Wildman–Crippen MR) is 148 cm³/mol. The third-order valence-electron chi connectivity index (χ3n) is 6.72. The van der Waals surface area contributed by atoms with E-state index in [9.17, 15) is 4.79 Å². The number of H-pyrrole nitrogens is 1. The molecule has 37 heavy (non-hydrogen) atoms. The van der Waals surface area contributed by atoms with Crippen LogP contribution in [0.4, 0.5) is 4.79 Å². The fourth-order valence-electron chi connectivity index (χ4n) is 5.08. The summed E-state index contributed by atoms with van der Waals surface area (Å²) in [4.78, 5) is 24.5. The molecule has 7 heteroatoms. The summed E-state index contributed by atoms with van der Waals surface area (Å²) in [5, 5.41) is 1.32. The summed E-state index contributed by atoms with van der Waals surface area (Å²) < 4.78 is 11.6. The van der Waals surface area contributed by atoms with Gasteiger partial charge in [0.25, 0.3) is 0 Å². The van der Waals surface area contributed by atoms with Gasteiger partial charge in [0.1, 0.15) is 5.60 Å². The van der Waals surface area contributed by atoms with Gasteiger partial charge in [0.05, 0.1) is 19.3 Å². The second-order valence-corrected chi connectivity index (χ2v) is 11.4. The Morgan fingerprint density at radius 3 is 2.76 bits per heavy atom. The van der Waals surface area contributed by atoms with Crippen LogP contribution in [-0.2, 0) is 35.5 Å². The van der Waals surface area contributed by atoms with Crippen molar-refractivity contribution in [3.8, 4) is 0 Å². The number of carbonyl (C=O) groups excluding carboxylic acids is 1. The number of hydrogen-bond acceptors (Lipinski definition) is 5. The molecule has 0 saturated carbocycles. The largest absolute Gasteiger partial charge is 0.444 e. The molecule has 1 atom stereocenters. The van der Waals surface area contributed by atoms with Crippen molar-refractivity contribution in [1.29, 1.82) is 0 Å². The summed E-state index contributed by atoms with van der Waals surface area (Å²) in [6.07, 6.45) is 10.7. The molecule has 0 aliphatic carbocycles. The van der Waals surface area contributed by atoms with E-state index < -0.39 is 5.60 Å². The zero-order chi connectivity index (χ0) is 26.4. The lowest BCUT2D eigenvalue weighted by atomic mass is 10.0. The normalized spacial score (nSPS) is 16.2. The zero-order valence-electron chi connectivity index (χ0n) is 23.0. The van der Waals surface area contributed by atoms with Crippen LogP contribution in [0.25, 0.3) is 10.9 Å². The van der Waals surface area contributed by atoms with Crippen molar-refractivity contribution in [2.24, 2.45) is 0 Å². The number of aromatic amines is 1. The topological polar surface area (TPSA) is 70.7 Å². The summed E-state index contributed by atoms with van der Waals surface area (Å²) in [6.45, 7) is 8.37. The van der Waals surface area contributed by atoms with Gasteiger partial charge in [-0.1, -0.05) is 24.3 Å². The minimum atomic E-state index is -0.486. The number of likely N-dealkylation sites (tertiary alicyclic amines) is 1. The Bertz CT molecular complexity index is 1180. The Hall–Kier alpha value is -2.90. The maximum Gasteiger partial charge on any atom is 0.410 e. The molecule has 1 saturated heterocycles. The van der Waals surface area contributed by atoms with E-state index in [2.05, 4.69) is 59.4 Å². The summed E-state index contributed by atoms with van der Waals surface area (Å²) in [6, 6.07) is 8.86. The number of ether oxygens (including phenoxy) is 2. The molecule has 0 radical (unpaired) electrons. The Balaban J connectivity index is 1.26. The maximum absolute atomic E-state index is 12.5. The molecule has 1 N–H and O–H groups in total. The molecular weight excluding hydrogens is 464 g/mol. The van der Waals surface area contributed by atoms with Crippen LogP contribution in [0.15, 0.2) is 42.9 Å². The molecule has 1 aromatic carbocycles. The number of para-hydroxylation sites is 1. The van der Waals surface area contributed by atoms with Crippen molar-refractivity contribution in [2.75, 3.05) is 27.2 Å². The maximum atomic E-state index is 12.5. The highest BCUT2D eigenvalue weighted by atomic mass is 16.6. The number of benzene rings is 1. The van der Waals surface area contributed by atoms with Crippen molar-refractivity contribution in [1.82, 2.24) is 19.8 Å². The Morgan fingerprint density at radius 1 is 1.16 bits per heavy atom. The number of nitrogens with one attached hydrogen (secondary N) is 1. The molecule has 3 heterocycles. The van der Waals surface area contributed by atoms with Gasteiger partial charge in [-0.05, 0) is 89.2 Å². The summed E-state index contributed by atoms with van der Waals surface area (Å²) in [5.74, 6) is 0. The first-order chi connectivity index (χ1) is 17.7. The quantitative estimate of drug-likeness (QED) is 0.381. The molecule has 200 valence electrons. The lowest BCUT2D eigenvalue weighted by Gasteiger charge is -2.28. The molecule has 0 unspecified atom stereocenters. The van der Waals surface area contributed by atoms with Crippen molar-refractivity contribution in [3.63, 3.8) is 0 Å². The second-order valence-electron chi connectivity index (χ2n) is 11.4. The lowest BCUT2D eigenvalue weighted by molar-refractivity contribution is 0.00880. The van der Waals surface area contributed by atoms with Crippen molar-refractivity contribution >= 4 is 17.0 Å². The third-order valence-corrected chi connectivity index (χ3v) is 6.72. The molecule has 1 aliphatic rings. The Labute approximate surface area is 221 Å². The van der Waals surface area contributed by atoms with E-state index in [0.717, 1.165) is 50.8 Å². The molecular formula is C30H42N4O3. The summed E-state index contributed by atoms with van der Waals surface area (Å²) in [5.41, 5.74) is 5.77. The monoisotopic (exact) mass is 506 g/mol. The van der Waals surface area contributed by atoms with Crippen LogP contribution in [0.2, 0.25) is 0 Å². The SMILES string of the molecule is CN(C)Cc1c[nH]c2c(CCCc3cncc(COC[C@@H]4CCCN4C(=O)OC(C)(C)C)c3)cccc12. The van der Waals surface area contributed by atoms with Gasteiger partial charge >= 0.3 is 6.09 Å². The summed E-state index contributed by atoms with van der Waals surface area (Å²) in [7, 11) is 4.20. The smallest absolute Gasteiger partial charge is 0.410 e. The van der Waals surface area contributed by atoms with Gasteiger partial charge in [0, 0.05) is 42.6 Å². The minimum absolute atomic E-state index is 0.0694. The molecule has 4 rings (SSSR count). The van der Waals surface area contributed by atoms with Crippen LogP contribution in [0, 0.1) is 0 Å². The van der Waals surface area contributed by atoms with Crippen molar-refractivity contribution in [3.05, 3.63) is 65.1 Å². The van der Waals surface area contributed by atoms with Crippen LogP contribution in [0.5, 0.6) is 0 Å². The predicted octanol–water partition coefficient (Wildman–Crippen LogP) is 5.72. The van der Waals surface area contributed by atoms with E-state index in [1.165, 1.54) is 27.6 Å². The van der Waals surface area contributed by atoms with Gasteiger partial charge in [-0.2, -0.15) is 0 Å². The van der Waals surface area contributed by atoms with E-state index in [1.54, 1.807) is 0 Å². The number of fused-ring (bicyclic) bond motifs is 1. The lowest BCUT2D eigenvalue weighted by Crippen LogP contribution is -2.41. The highest BCUT2D eigenvalue weighted by molar-refractivity contribution is 5.86. The van der Waals surface area contributed by atoms with Crippen molar-refractivity contribution < 1.29 is 14.3 Å². The number of nitrogens with zero attached hydrogens (tertiary/aromatic N) is 3. The van der Waals surface area contributed by atoms with Gasteiger partial charge in [-0.15, -0.1) is 0 Å². The van der Waals surface area contributed by atoms with Gasteiger partial charge in [0.15, 0.2) is 0 Å². The highest BCUT2D eigenvalue weighted by Crippen LogP contribution is 2.24. The number of aryl methyl sites for hydroxylation is 2. The fraction of sp³-hybridized carbons (Fsp3) is 0.533. The van der Waals surface area contributed by atoms with E-state index in [4.69, 9.17) is 9.47 Å². The molecule has 2 aromatic heterocycles. The average Bonchev–Trinajstić information content (AvgIpc) is 3.46. The van der Waals surface area contributed by atoms with E-state index >= 15 is 0 Å². The Morgan fingerprint density at radius 2 is 1.97 bits per heavy atom. The van der Waals surface area contributed by atoms with Gasteiger partial charge < -0.3 is 24.3 Å². The first-order valence-corrected chi connectivity index (χ1v) is 13.4. The molecule has 0 spiro atoms. The molecule has 1 fully saturated rings. The molecule has 3 aromatic rings. The number of aromatic nitrogens is 2. The summed E-state index contributed by atoms with van der Waals surface area (Å²) >= 11 is 0. The Kier molecular flexibility index (Phi) is 8.87. The number of pyridine rings is 1. The van der Waals surface area contributed by atoms with Gasteiger partial charge in [0.2, 0.25) is 0 Å². The molecule has 1 aliphatic heterocycles. The van der Waals surface area contributed by atoms with Crippen molar-refractivity contribution in [2.45, 2.75) is 77.7 Å². The number of amides is 1. The highest BCUT2D eigenvalue weighted by Gasteiger charge is 2.32. The first-order valence-electron chi connectivity index (χ1n) is 13.4. The van der Waals surface area contributed by atoms with Gasteiger partial charge in [-0.25, -0.2) is 4.79 Å². The van der Waals surface area contributed by atoms with Crippen LogP contribution in [0.1, 0.15) is 62.3 Å². The number of rotatable bonds is 10.